The number of rotatable bonds is 3. The van der Waals surface area contributed by atoms with E-state index >= 15 is 0 Å². The molecule has 2 aromatic heterocycles. The minimum Gasteiger partial charge on any atom is -0.361 e. The van der Waals surface area contributed by atoms with Crippen LogP contribution < -0.4 is 16.0 Å². The van der Waals surface area contributed by atoms with Crippen LogP contribution in [-0.2, 0) is 14.3 Å². The molecule has 4 atom stereocenters. The van der Waals surface area contributed by atoms with Gasteiger partial charge < -0.3 is 25.6 Å². The van der Waals surface area contributed by atoms with Crippen LogP contribution in [0.5, 0.6) is 0 Å². The van der Waals surface area contributed by atoms with Gasteiger partial charge in [-0.3, -0.25) is 9.59 Å². The number of nitrogens with one attached hydrogen (secondary N) is 1. The van der Waals surface area contributed by atoms with Gasteiger partial charge in [0.05, 0.1) is 17.2 Å². The average Bonchev–Trinajstić information content (AvgIpc) is 3.48. The molecule has 3 N–H and O–H groups in total. The number of nitrogens with zero attached hydrogens (tertiary/aromatic N) is 5. The first-order valence-electron chi connectivity index (χ1n) is 12.8. The summed E-state index contributed by atoms with van der Waals surface area (Å²) in [7, 11) is 0. The highest BCUT2D eigenvalue weighted by Gasteiger charge is 2.49. The predicted octanol–water partition coefficient (Wildman–Crippen LogP) is 1.60. The number of hydrogen-bond acceptors (Lipinski definition) is 7. The maximum absolute atomic E-state index is 14.1. The molecular weight excluding hydrogens is 458 g/mol. The third-order valence-corrected chi connectivity index (χ3v) is 7.92. The predicted molar refractivity (Wildman–Crippen MR) is 134 cm³/mol. The summed E-state index contributed by atoms with van der Waals surface area (Å²) < 4.78 is 7.69. The molecule has 2 amide bonds. The van der Waals surface area contributed by atoms with Crippen LogP contribution in [-0.4, -0.2) is 69.7 Å². The highest BCUT2D eigenvalue weighted by atomic mass is 16.5. The molecule has 2 aromatic rings. The fraction of sp³-hybridized carbons (Fsp3) is 0.538. The van der Waals surface area contributed by atoms with Crippen LogP contribution in [0.3, 0.4) is 0 Å². The topological polar surface area (TPSA) is 118 Å². The van der Waals surface area contributed by atoms with Gasteiger partial charge in [-0.1, -0.05) is 12.2 Å². The van der Waals surface area contributed by atoms with Gasteiger partial charge >= 0.3 is 0 Å². The van der Waals surface area contributed by atoms with Crippen molar-refractivity contribution in [3.63, 3.8) is 0 Å². The molecule has 36 heavy (non-hydrogen) atoms. The Kier molecular flexibility index (Phi) is 5.60. The van der Waals surface area contributed by atoms with E-state index in [-0.39, 0.29) is 30.5 Å². The number of piperidine rings is 1. The molecule has 0 aromatic carbocycles. The fourth-order valence-corrected chi connectivity index (χ4v) is 6.03. The molecule has 3 aliphatic heterocycles. The summed E-state index contributed by atoms with van der Waals surface area (Å²) in [5.74, 6) is 0.749. The molecule has 0 saturated carbocycles. The Labute approximate surface area is 210 Å². The summed E-state index contributed by atoms with van der Waals surface area (Å²) in [6, 6.07) is 2.04. The summed E-state index contributed by atoms with van der Waals surface area (Å²) in [5.41, 5.74) is 8.53. The van der Waals surface area contributed by atoms with E-state index in [4.69, 9.17) is 20.6 Å². The fourth-order valence-electron chi connectivity index (χ4n) is 6.03. The van der Waals surface area contributed by atoms with E-state index in [9.17, 15) is 9.59 Å². The zero-order valence-electron chi connectivity index (χ0n) is 20.8. The van der Waals surface area contributed by atoms with Gasteiger partial charge in [0.15, 0.2) is 5.65 Å². The van der Waals surface area contributed by atoms with E-state index in [1.807, 2.05) is 53.8 Å². The van der Waals surface area contributed by atoms with Crippen molar-refractivity contribution >= 4 is 23.3 Å². The Morgan fingerprint density at radius 2 is 2.14 bits per heavy atom. The molecule has 0 bridgehead atoms. The Hall–Kier alpha value is -3.24. The first-order valence-corrected chi connectivity index (χ1v) is 12.8. The second-order valence-electron chi connectivity index (χ2n) is 10.6. The van der Waals surface area contributed by atoms with Crippen LogP contribution in [0.4, 0.5) is 5.82 Å². The monoisotopic (exact) mass is 491 g/mol. The number of carbonyl (C=O) groups is 2. The van der Waals surface area contributed by atoms with Gasteiger partial charge in [0.2, 0.25) is 11.8 Å². The van der Waals surface area contributed by atoms with Crippen LogP contribution in [0.2, 0.25) is 0 Å². The molecule has 1 aliphatic carbocycles. The Morgan fingerprint density at radius 3 is 2.94 bits per heavy atom. The first kappa shape index (κ1) is 23.2. The normalized spacial score (nSPS) is 30.4. The SMILES string of the molecule is Cc1cn2nc([C@@H]3CCCCN3C(=O)C3(C)C=CC=C4NC(=O)COC43)cc2nc1N1CC[C@H](N)C1. The standard InChI is InChI=1S/C26H33N7O3/c1-16-13-33-21(29-24(16)31-11-8-17(27)14-31)12-19(30-33)20-7-3-4-10-32(20)25(35)26(2)9-5-6-18-23(26)36-15-22(34)28-18/h5-6,9,12-13,17,20,23H,3-4,7-8,10-11,14-15,27H2,1-2H3,(H,28,34)/t17-,20-,23?,26?/m0/s1. The van der Waals surface area contributed by atoms with Crippen molar-refractivity contribution in [1.82, 2.24) is 24.8 Å². The number of aryl methyl sites for hydroxylation is 1. The largest absolute Gasteiger partial charge is 0.361 e. The van der Waals surface area contributed by atoms with Crippen LogP contribution in [0.1, 0.15) is 49.9 Å². The Morgan fingerprint density at radius 1 is 1.28 bits per heavy atom. The van der Waals surface area contributed by atoms with Crippen molar-refractivity contribution in [2.45, 2.75) is 57.7 Å². The smallest absolute Gasteiger partial charge is 0.250 e. The number of amides is 2. The van der Waals surface area contributed by atoms with Crippen molar-refractivity contribution in [1.29, 1.82) is 0 Å². The number of anilines is 1. The summed E-state index contributed by atoms with van der Waals surface area (Å²) in [6.07, 6.45) is 10.8. The number of hydrogen-bond donors (Lipinski definition) is 2. The highest BCUT2D eigenvalue weighted by molar-refractivity contribution is 5.88. The second kappa shape index (κ2) is 8.70. The Balaban J connectivity index is 1.31. The number of aromatic nitrogens is 3. The molecule has 2 unspecified atom stereocenters. The lowest BCUT2D eigenvalue weighted by Crippen LogP contribution is -2.56. The van der Waals surface area contributed by atoms with E-state index < -0.39 is 11.5 Å². The average molecular weight is 492 g/mol. The van der Waals surface area contributed by atoms with Gasteiger partial charge in [0.25, 0.3) is 0 Å². The van der Waals surface area contributed by atoms with Crippen molar-refractivity contribution in [2.75, 3.05) is 31.1 Å². The molecule has 4 aliphatic rings. The van der Waals surface area contributed by atoms with Crippen molar-refractivity contribution in [3.8, 4) is 0 Å². The van der Waals surface area contributed by atoms with Crippen LogP contribution in [0.25, 0.3) is 5.65 Å². The third kappa shape index (κ3) is 3.79. The maximum atomic E-state index is 14.1. The van der Waals surface area contributed by atoms with Gasteiger partial charge in [-0.15, -0.1) is 0 Å². The number of likely N-dealkylation sites (tertiary alicyclic amines) is 1. The quantitative estimate of drug-likeness (QED) is 0.670. The lowest BCUT2D eigenvalue weighted by atomic mass is 9.76. The maximum Gasteiger partial charge on any atom is 0.250 e. The van der Waals surface area contributed by atoms with E-state index in [0.29, 0.717) is 12.2 Å². The van der Waals surface area contributed by atoms with Crippen LogP contribution in [0.15, 0.2) is 36.2 Å². The molecule has 190 valence electrons. The lowest BCUT2D eigenvalue weighted by Gasteiger charge is -2.45. The van der Waals surface area contributed by atoms with E-state index in [0.717, 1.165) is 61.5 Å². The zero-order valence-corrected chi connectivity index (χ0v) is 20.8. The van der Waals surface area contributed by atoms with Crippen molar-refractivity contribution in [2.24, 2.45) is 11.1 Å². The Bertz CT molecular complexity index is 1280. The molecule has 6 rings (SSSR count). The van der Waals surface area contributed by atoms with E-state index in [1.54, 1.807) is 0 Å². The summed E-state index contributed by atoms with van der Waals surface area (Å²) >= 11 is 0. The van der Waals surface area contributed by atoms with Gasteiger partial charge in [0.1, 0.15) is 18.5 Å². The van der Waals surface area contributed by atoms with Gasteiger partial charge in [-0.05, 0) is 45.6 Å². The van der Waals surface area contributed by atoms with Crippen LogP contribution >= 0.6 is 0 Å². The van der Waals surface area contributed by atoms with Crippen LogP contribution in [0, 0.1) is 12.3 Å². The minimum atomic E-state index is -0.914. The number of morpholine rings is 1. The zero-order chi connectivity index (χ0) is 25.0. The van der Waals surface area contributed by atoms with Crippen molar-refractivity contribution < 1.29 is 14.3 Å². The van der Waals surface area contributed by atoms with Gasteiger partial charge in [0, 0.05) is 49.2 Å². The van der Waals surface area contributed by atoms with E-state index in [1.165, 1.54) is 0 Å². The van der Waals surface area contributed by atoms with Gasteiger partial charge in [-0.25, -0.2) is 9.50 Å². The lowest BCUT2D eigenvalue weighted by molar-refractivity contribution is -0.154. The van der Waals surface area contributed by atoms with Gasteiger partial charge in [-0.2, -0.15) is 5.10 Å². The molecule has 5 heterocycles. The highest BCUT2D eigenvalue weighted by Crippen LogP contribution is 2.41. The number of fused-ring (bicyclic) bond motifs is 2. The number of carbonyl (C=O) groups excluding carboxylic acids is 2. The number of ether oxygens (including phenoxy) is 1. The van der Waals surface area contributed by atoms with Crippen molar-refractivity contribution in [3.05, 3.63) is 47.4 Å². The third-order valence-electron chi connectivity index (χ3n) is 7.92. The molecule has 0 spiro atoms. The first-order chi connectivity index (χ1) is 17.3. The molecule has 3 saturated heterocycles. The number of allylic oxidation sites excluding steroid dienone is 2. The molecule has 0 radical (unpaired) electrons. The molecular formula is C26H33N7O3. The molecule has 3 fully saturated rings. The second-order valence-corrected chi connectivity index (χ2v) is 10.6. The summed E-state index contributed by atoms with van der Waals surface area (Å²) in [4.78, 5) is 35.1. The summed E-state index contributed by atoms with van der Waals surface area (Å²) in [5, 5.41) is 7.74. The number of nitrogens with two attached hydrogens (primary N) is 1. The summed E-state index contributed by atoms with van der Waals surface area (Å²) in [6.45, 7) is 6.26. The molecule has 10 nitrogen and oxygen atoms in total. The van der Waals surface area contributed by atoms with E-state index in [2.05, 4.69) is 10.2 Å². The molecule has 10 heteroatoms. The minimum absolute atomic E-state index is 0.0110.